The summed E-state index contributed by atoms with van der Waals surface area (Å²) in [6.07, 6.45) is 7.42. The van der Waals surface area contributed by atoms with Crippen molar-refractivity contribution in [3.8, 4) is 0 Å². The molecule has 4 aliphatic carbocycles. The van der Waals surface area contributed by atoms with Crippen LogP contribution in [0.15, 0.2) is 0 Å². The van der Waals surface area contributed by atoms with Gasteiger partial charge in [0, 0.05) is 0 Å². The van der Waals surface area contributed by atoms with E-state index in [1.54, 1.807) is 0 Å². The molecule has 3 heteroatoms. The fraction of sp³-hybridized carbons (Fsp3) is 1.00. The third kappa shape index (κ3) is 1.91. The van der Waals surface area contributed by atoms with Crippen LogP contribution in [0.2, 0.25) is 0 Å². The second kappa shape index (κ2) is 4.94. The Morgan fingerprint density at radius 3 is 2.18 bits per heavy atom. The van der Waals surface area contributed by atoms with E-state index in [1.807, 2.05) is 0 Å². The topological polar surface area (TPSA) is 60.7 Å². The molecule has 1 unspecified atom stereocenters. The lowest BCUT2D eigenvalue weighted by molar-refractivity contribution is -0.174. The number of rotatable bonds is 0. The second-order valence-corrected chi connectivity index (χ2v) is 9.36. The van der Waals surface area contributed by atoms with Crippen molar-refractivity contribution in [2.45, 2.75) is 83.5 Å². The van der Waals surface area contributed by atoms with E-state index in [1.165, 1.54) is 6.42 Å². The predicted molar refractivity (Wildman–Crippen MR) is 85.1 cm³/mol. The Bertz CT molecular complexity index is 452. The van der Waals surface area contributed by atoms with Gasteiger partial charge < -0.3 is 15.3 Å². The van der Waals surface area contributed by atoms with Gasteiger partial charge in [-0.25, -0.2) is 0 Å². The molecule has 0 amide bonds. The zero-order valence-electron chi connectivity index (χ0n) is 14.0. The Balaban J connectivity index is 1.66. The highest BCUT2D eigenvalue weighted by Gasteiger charge is 2.61. The minimum Gasteiger partial charge on any atom is -0.393 e. The van der Waals surface area contributed by atoms with Gasteiger partial charge in [-0.1, -0.05) is 13.8 Å². The highest BCUT2D eigenvalue weighted by molar-refractivity contribution is 5.11. The van der Waals surface area contributed by atoms with E-state index in [0.29, 0.717) is 17.8 Å². The fourth-order valence-corrected chi connectivity index (χ4v) is 7.25. The Hall–Kier alpha value is -0.120. The molecule has 4 rings (SSSR count). The summed E-state index contributed by atoms with van der Waals surface area (Å²) >= 11 is 0. The van der Waals surface area contributed by atoms with Gasteiger partial charge in [0.2, 0.25) is 0 Å². The summed E-state index contributed by atoms with van der Waals surface area (Å²) in [4.78, 5) is 0. The van der Waals surface area contributed by atoms with E-state index >= 15 is 0 Å². The quantitative estimate of drug-likeness (QED) is 0.645. The minimum absolute atomic E-state index is 0.0816. The summed E-state index contributed by atoms with van der Waals surface area (Å²) < 4.78 is 0. The number of hydrogen-bond donors (Lipinski definition) is 3. The summed E-state index contributed by atoms with van der Waals surface area (Å²) in [5.74, 6) is 2.10. The van der Waals surface area contributed by atoms with E-state index in [-0.39, 0.29) is 35.1 Å². The molecular formula is C19H32O3. The largest absolute Gasteiger partial charge is 0.393 e. The first-order valence-corrected chi connectivity index (χ1v) is 9.40. The van der Waals surface area contributed by atoms with Crippen molar-refractivity contribution in [1.29, 1.82) is 0 Å². The highest BCUT2D eigenvalue weighted by atomic mass is 16.3. The standard InChI is InChI=1S/C19H32O3/c1-18-7-5-11(20)9-15(18)16(21)10-12-13-3-4-17(22)19(13,2)8-6-14(12)18/h11-17,20-22H,3-10H2,1-2H3/t11-,12-,13-,14-,15?,16-,17-,18+,19-/m0/s1. The summed E-state index contributed by atoms with van der Waals surface area (Å²) in [6.45, 7) is 4.68. The van der Waals surface area contributed by atoms with Gasteiger partial charge in [-0.15, -0.1) is 0 Å². The van der Waals surface area contributed by atoms with Crippen LogP contribution in [-0.4, -0.2) is 33.6 Å². The molecule has 0 bridgehead atoms. The van der Waals surface area contributed by atoms with Crippen molar-refractivity contribution in [2.24, 2.45) is 34.5 Å². The van der Waals surface area contributed by atoms with Gasteiger partial charge in [-0.2, -0.15) is 0 Å². The molecule has 0 aromatic carbocycles. The van der Waals surface area contributed by atoms with Crippen LogP contribution in [0.4, 0.5) is 0 Å². The zero-order chi connectivity index (χ0) is 15.7. The zero-order valence-corrected chi connectivity index (χ0v) is 14.0. The monoisotopic (exact) mass is 308 g/mol. The molecule has 3 N–H and O–H groups in total. The number of hydrogen-bond acceptors (Lipinski definition) is 3. The first-order chi connectivity index (χ1) is 10.4. The Labute approximate surface area is 134 Å². The van der Waals surface area contributed by atoms with Gasteiger partial charge >= 0.3 is 0 Å². The summed E-state index contributed by atoms with van der Waals surface area (Å²) in [6, 6.07) is 0. The molecule has 0 radical (unpaired) electrons. The van der Waals surface area contributed by atoms with Crippen LogP contribution in [0.25, 0.3) is 0 Å². The van der Waals surface area contributed by atoms with Crippen LogP contribution in [0.5, 0.6) is 0 Å². The lowest BCUT2D eigenvalue weighted by Gasteiger charge is -2.61. The summed E-state index contributed by atoms with van der Waals surface area (Å²) in [5, 5.41) is 31.4. The molecule has 0 saturated heterocycles. The third-order valence-electron chi connectivity index (χ3n) is 8.60. The fourth-order valence-electron chi connectivity index (χ4n) is 7.25. The van der Waals surface area contributed by atoms with Gasteiger partial charge in [0.05, 0.1) is 18.3 Å². The Morgan fingerprint density at radius 1 is 0.727 bits per heavy atom. The molecule has 4 aliphatic rings. The van der Waals surface area contributed by atoms with Crippen molar-refractivity contribution in [2.75, 3.05) is 0 Å². The molecule has 4 fully saturated rings. The maximum absolute atomic E-state index is 10.8. The van der Waals surface area contributed by atoms with Crippen molar-refractivity contribution < 1.29 is 15.3 Å². The van der Waals surface area contributed by atoms with Gasteiger partial charge in [0.1, 0.15) is 0 Å². The number of aliphatic hydroxyl groups excluding tert-OH is 3. The Kier molecular flexibility index (Phi) is 3.46. The molecule has 0 aliphatic heterocycles. The van der Waals surface area contributed by atoms with Crippen molar-refractivity contribution in [1.82, 2.24) is 0 Å². The maximum atomic E-state index is 10.8. The molecule has 0 aromatic rings. The minimum atomic E-state index is -0.263. The molecule has 3 nitrogen and oxygen atoms in total. The van der Waals surface area contributed by atoms with Crippen LogP contribution in [0, 0.1) is 34.5 Å². The lowest BCUT2D eigenvalue weighted by Crippen LogP contribution is -2.58. The molecule has 0 spiro atoms. The lowest BCUT2D eigenvalue weighted by atomic mass is 9.44. The SMILES string of the molecule is C[C@]12CC[C@H]3[C@@H](C[C@H](O)C4C[C@@H](O)CC[C@@]43C)[C@@H]1CC[C@@H]2O. The van der Waals surface area contributed by atoms with E-state index in [2.05, 4.69) is 13.8 Å². The average Bonchev–Trinajstić information content (AvgIpc) is 2.77. The molecular weight excluding hydrogens is 276 g/mol. The van der Waals surface area contributed by atoms with Crippen molar-refractivity contribution in [3.05, 3.63) is 0 Å². The normalized spacial score (nSPS) is 61.2. The second-order valence-electron chi connectivity index (χ2n) is 9.36. The highest BCUT2D eigenvalue weighted by Crippen LogP contribution is 2.66. The van der Waals surface area contributed by atoms with Crippen molar-refractivity contribution >= 4 is 0 Å². The van der Waals surface area contributed by atoms with Gasteiger partial charge in [0.15, 0.2) is 0 Å². The maximum Gasteiger partial charge on any atom is 0.0596 e. The first-order valence-electron chi connectivity index (χ1n) is 9.40. The van der Waals surface area contributed by atoms with Crippen LogP contribution in [-0.2, 0) is 0 Å². The number of fused-ring (bicyclic) bond motifs is 5. The average molecular weight is 308 g/mol. The van der Waals surface area contributed by atoms with Crippen LogP contribution < -0.4 is 0 Å². The van der Waals surface area contributed by atoms with Gasteiger partial charge in [-0.3, -0.25) is 0 Å². The van der Waals surface area contributed by atoms with Crippen LogP contribution in [0.1, 0.15) is 65.2 Å². The smallest absolute Gasteiger partial charge is 0.0596 e. The molecule has 4 saturated carbocycles. The first kappa shape index (κ1) is 15.4. The number of aliphatic hydroxyl groups is 3. The molecule has 126 valence electrons. The third-order valence-corrected chi connectivity index (χ3v) is 8.60. The van der Waals surface area contributed by atoms with Gasteiger partial charge in [0.25, 0.3) is 0 Å². The van der Waals surface area contributed by atoms with Crippen LogP contribution in [0.3, 0.4) is 0 Å². The molecule has 9 atom stereocenters. The van der Waals surface area contributed by atoms with E-state index in [0.717, 1.165) is 44.9 Å². The van der Waals surface area contributed by atoms with E-state index in [4.69, 9.17) is 0 Å². The molecule has 22 heavy (non-hydrogen) atoms. The van der Waals surface area contributed by atoms with E-state index < -0.39 is 0 Å². The summed E-state index contributed by atoms with van der Waals surface area (Å²) in [7, 11) is 0. The van der Waals surface area contributed by atoms with Crippen molar-refractivity contribution in [3.63, 3.8) is 0 Å². The molecule has 0 aromatic heterocycles. The Morgan fingerprint density at radius 2 is 1.41 bits per heavy atom. The van der Waals surface area contributed by atoms with Gasteiger partial charge in [-0.05, 0) is 85.9 Å². The molecule has 0 heterocycles. The van der Waals surface area contributed by atoms with E-state index in [9.17, 15) is 15.3 Å². The predicted octanol–water partition coefficient (Wildman–Crippen LogP) is 2.72. The van der Waals surface area contributed by atoms with Crippen LogP contribution >= 0.6 is 0 Å². The summed E-state index contributed by atoms with van der Waals surface area (Å²) in [5.41, 5.74) is 0.273.